The monoisotopic (exact) mass is 471 g/mol. The molecule has 0 spiro atoms. The Hall–Kier alpha value is -4.33. The summed E-state index contributed by atoms with van der Waals surface area (Å²) >= 11 is 0. The van der Waals surface area contributed by atoms with E-state index in [-0.39, 0.29) is 30.7 Å². The fraction of sp³-hybridized carbons (Fsp3) is 0.222. The molecule has 2 N–H and O–H groups in total. The Kier molecular flexibility index (Phi) is 6.10. The van der Waals surface area contributed by atoms with Crippen LogP contribution in [0.2, 0.25) is 0 Å². The van der Waals surface area contributed by atoms with Crippen LogP contribution in [0.4, 0.5) is 17.1 Å². The van der Waals surface area contributed by atoms with Gasteiger partial charge in [0.25, 0.3) is 5.91 Å². The molecule has 5 rings (SSSR count). The average Bonchev–Trinajstić information content (AvgIpc) is 3.27. The maximum absolute atomic E-state index is 13.1. The molecular weight excluding hydrogens is 446 g/mol. The van der Waals surface area contributed by atoms with Crippen molar-refractivity contribution in [2.24, 2.45) is 5.92 Å². The first-order valence-electron chi connectivity index (χ1n) is 11.5. The molecule has 2 heterocycles. The number of para-hydroxylation sites is 1. The third-order valence-electron chi connectivity index (χ3n) is 6.20. The van der Waals surface area contributed by atoms with E-state index in [2.05, 4.69) is 10.6 Å². The summed E-state index contributed by atoms with van der Waals surface area (Å²) in [5, 5.41) is 5.78. The molecule has 0 aromatic heterocycles. The molecule has 0 aliphatic carbocycles. The molecule has 1 fully saturated rings. The number of nitrogens with zero attached hydrogens (tertiary/aromatic N) is 1. The first-order valence-corrected chi connectivity index (χ1v) is 11.5. The van der Waals surface area contributed by atoms with E-state index in [1.54, 1.807) is 48.2 Å². The molecule has 3 aromatic carbocycles. The van der Waals surface area contributed by atoms with E-state index in [0.717, 1.165) is 0 Å². The maximum atomic E-state index is 13.1. The van der Waals surface area contributed by atoms with Gasteiger partial charge in [-0.15, -0.1) is 0 Å². The largest absolute Gasteiger partial charge is 0.486 e. The first-order chi connectivity index (χ1) is 17.0. The predicted octanol–water partition coefficient (Wildman–Crippen LogP) is 4.01. The van der Waals surface area contributed by atoms with Crippen molar-refractivity contribution in [2.75, 3.05) is 35.3 Å². The lowest BCUT2D eigenvalue weighted by Gasteiger charge is -2.22. The van der Waals surface area contributed by atoms with Gasteiger partial charge in [0.15, 0.2) is 11.5 Å². The van der Waals surface area contributed by atoms with Crippen molar-refractivity contribution in [1.29, 1.82) is 0 Å². The quantitative estimate of drug-likeness (QED) is 0.586. The SMILES string of the molecule is Cc1c(NC(=O)C2CC(=O)N(c3ccc4c(c3)OCCO4)C2)cccc1C(=O)Nc1ccccc1. The molecule has 2 aliphatic rings. The van der Waals surface area contributed by atoms with Crippen LogP contribution in [0.1, 0.15) is 22.3 Å². The van der Waals surface area contributed by atoms with Crippen LogP contribution in [0.3, 0.4) is 0 Å². The zero-order chi connectivity index (χ0) is 24.4. The second-order valence-corrected chi connectivity index (χ2v) is 8.52. The number of carbonyl (C=O) groups excluding carboxylic acids is 3. The van der Waals surface area contributed by atoms with Crippen LogP contribution in [0, 0.1) is 12.8 Å². The van der Waals surface area contributed by atoms with Gasteiger partial charge in [0.2, 0.25) is 11.8 Å². The Morgan fingerprint density at radius 1 is 0.914 bits per heavy atom. The van der Waals surface area contributed by atoms with E-state index in [1.165, 1.54) is 0 Å². The van der Waals surface area contributed by atoms with Gasteiger partial charge in [-0.05, 0) is 48.9 Å². The van der Waals surface area contributed by atoms with Crippen molar-refractivity contribution in [1.82, 2.24) is 0 Å². The molecule has 1 saturated heterocycles. The van der Waals surface area contributed by atoms with E-state index < -0.39 is 5.92 Å². The number of rotatable bonds is 5. The van der Waals surface area contributed by atoms with E-state index in [1.807, 2.05) is 30.3 Å². The summed E-state index contributed by atoms with van der Waals surface area (Å²) in [4.78, 5) is 40.2. The zero-order valence-corrected chi connectivity index (χ0v) is 19.2. The van der Waals surface area contributed by atoms with Gasteiger partial charge in [0.1, 0.15) is 13.2 Å². The topological polar surface area (TPSA) is 97.0 Å². The van der Waals surface area contributed by atoms with Gasteiger partial charge in [0, 0.05) is 41.7 Å². The zero-order valence-electron chi connectivity index (χ0n) is 19.2. The minimum absolute atomic E-state index is 0.105. The summed E-state index contributed by atoms with van der Waals surface area (Å²) in [6.45, 7) is 3.00. The molecule has 1 atom stereocenters. The highest BCUT2D eigenvalue weighted by Gasteiger charge is 2.36. The Bertz CT molecular complexity index is 1290. The van der Waals surface area contributed by atoms with Crippen molar-refractivity contribution in [3.8, 4) is 11.5 Å². The normalized spacial score (nSPS) is 16.7. The maximum Gasteiger partial charge on any atom is 0.256 e. The molecular formula is C27H25N3O5. The number of benzene rings is 3. The summed E-state index contributed by atoms with van der Waals surface area (Å²) < 4.78 is 11.2. The molecule has 0 bridgehead atoms. The molecule has 8 nitrogen and oxygen atoms in total. The average molecular weight is 472 g/mol. The molecule has 3 aromatic rings. The van der Waals surface area contributed by atoms with Gasteiger partial charge in [-0.3, -0.25) is 14.4 Å². The highest BCUT2D eigenvalue weighted by molar-refractivity contribution is 6.08. The number of anilines is 3. The minimum Gasteiger partial charge on any atom is -0.486 e. The first kappa shape index (κ1) is 22.5. The lowest BCUT2D eigenvalue weighted by molar-refractivity contribution is -0.122. The summed E-state index contributed by atoms with van der Waals surface area (Å²) in [6.07, 6.45) is 0.105. The molecule has 3 amide bonds. The van der Waals surface area contributed by atoms with Crippen molar-refractivity contribution in [3.63, 3.8) is 0 Å². The second-order valence-electron chi connectivity index (χ2n) is 8.52. The molecule has 8 heteroatoms. The van der Waals surface area contributed by atoms with E-state index >= 15 is 0 Å². The number of fused-ring (bicyclic) bond motifs is 1. The summed E-state index contributed by atoms with van der Waals surface area (Å²) in [5.41, 5.74) is 3.02. The van der Waals surface area contributed by atoms with Crippen LogP contribution in [0.15, 0.2) is 66.7 Å². The molecule has 35 heavy (non-hydrogen) atoms. The third-order valence-corrected chi connectivity index (χ3v) is 6.20. The predicted molar refractivity (Wildman–Crippen MR) is 132 cm³/mol. The molecule has 178 valence electrons. The summed E-state index contributed by atoms with van der Waals surface area (Å²) in [6, 6.07) is 19.7. The van der Waals surface area contributed by atoms with E-state index in [0.29, 0.717) is 52.9 Å². The fourth-order valence-electron chi connectivity index (χ4n) is 4.30. The van der Waals surface area contributed by atoms with Crippen LogP contribution in [-0.2, 0) is 9.59 Å². The van der Waals surface area contributed by atoms with Crippen molar-refractivity contribution in [3.05, 3.63) is 77.9 Å². The van der Waals surface area contributed by atoms with Gasteiger partial charge >= 0.3 is 0 Å². The lowest BCUT2D eigenvalue weighted by atomic mass is 10.0. The van der Waals surface area contributed by atoms with Gasteiger partial charge in [-0.25, -0.2) is 0 Å². The smallest absolute Gasteiger partial charge is 0.256 e. The van der Waals surface area contributed by atoms with E-state index in [4.69, 9.17) is 9.47 Å². The third kappa shape index (κ3) is 4.68. The Labute approximate surface area is 202 Å². The highest BCUT2D eigenvalue weighted by Crippen LogP contribution is 2.36. The molecule has 2 aliphatic heterocycles. The van der Waals surface area contributed by atoms with Gasteiger partial charge in [-0.1, -0.05) is 24.3 Å². The summed E-state index contributed by atoms with van der Waals surface area (Å²) in [7, 11) is 0. The lowest BCUT2D eigenvalue weighted by Crippen LogP contribution is -2.28. The molecule has 0 saturated carbocycles. The van der Waals surface area contributed by atoms with Gasteiger partial charge < -0.3 is 25.0 Å². The number of hydrogen-bond donors (Lipinski definition) is 2. The molecule has 1 unspecified atom stereocenters. The van der Waals surface area contributed by atoms with Crippen molar-refractivity contribution < 1.29 is 23.9 Å². The van der Waals surface area contributed by atoms with Gasteiger partial charge in [-0.2, -0.15) is 0 Å². The van der Waals surface area contributed by atoms with Crippen LogP contribution in [0.25, 0.3) is 0 Å². The number of ether oxygens (including phenoxy) is 2. The van der Waals surface area contributed by atoms with Crippen LogP contribution >= 0.6 is 0 Å². The standard InChI is InChI=1S/C27H25N3O5/c1-17-21(27(33)28-19-6-3-2-4-7-19)8-5-9-22(17)29-26(32)18-14-25(31)30(16-18)20-10-11-23-24(15-20)35-13-12-34-23/h2-11,15,18H,12-14,16H2,1H3,(H,28,33)(H,29,32). The number of nitrogens with one attached hydrogen (secondary N) is 2. The second kappa shape index (κ2) is 9.50. The summed E-state index contributed by atoms with van der Waals surface area (Å²) in [5.74, 6) is 0.0717. The minimum atomic E-state index is -0.517. The fourth-order valence-corrected chi connectivity index (χ4v) is 4.30. The van der Waals surface area contributed by atoms with Crippen molar-refractivity contribution in [2.45, 2.75) is 13.3 Å². The van der Waals surface area contributed by atoms with Crippen LogP contribution < -0.4 is 25.0 Å². The number of hydrogen-bond acceptors (Lipinski definition) is 5. The Morgan fingerprint density at radius 3 is 2.49 bits per heavy atom. The van der Waals surface area contributed by atoms with Crippen LogP contribution in [0.5, 0.6) is 11.5 Å². The number of carbonyl (C=O) groups is 3. The van der Waals surface area contributed by atoms with Gasteiger partial charge in [0.05, 0.1) is 5.92 Å². The van der Waals surface area contributed by atoms with E-state index in [9.17, 15) is 14.4 Å². The van der Waals surface area contributed by atoms with Crippen LogP contribution in [-0.4, -0.2) is 37.5 Å². The Balaban J connectivity index is 1.27. The number of amides is 3. The Morgan fingerprint density at radius 2 is 1.69 bits per heavy atom. The highest BCUT2D eigenvalue weighted by atomic mass is 16.6. The molecule has 0 radical (unpaired) electrons. The van der Waals surface area contributed by atoms with Crippen molar-refractivity contribution >= 4 is 34.8 Å².